The Kier molecular flexibility index (Phi) is 6.37. The summed E-state index contributed by atoms with van der Waals surface area (Å²) in [4.78, 5) is 2.63. The second kappa shape index (κ2) is 7.29. The Balaban J connectivity index is 2.52. The van der Waals surface area contributed by atoms with Crippen LogP contribution in [0.4, 0.5) is 0 Å². The van der Waals surface area contributed by atoms with Crippen LogP contribution in [0.3, 0.4) is 0 Å². The van der Waals surface area contributed by atoms with Gasteiger partial charge in [0.1, 0.15) is 0 Å². The Morgan fingerprint density at radius 1 is 1.25 bits per heavy atom. The fraction of sp³-hybridized carbons (Fsp3) is 1.00. The first-order chi connectivity index (χ1) is 7.72. The van der Waals surface area contributed by atoms with Crippen molar-refractivity contribution in [1.29, 1.82) is 0 Å². The van der Waals surface area contributed by atoms with Crippen LogP contribution in [0.5, 0.6) is 0 Å². The molecule has 2 heteroatoms. The first-order valence-electron chi connectivity index (χ1n) is 7.17. The smallest absolute Gasteiger partial charge is 0.0246 e. The lowest BCUT2D eigenvalue weighted by Crippen LogP contribution is -2.46. The Bertz CT molecular complexity index is 176. The van der Waals surface area contributed by atoms with Crippen LogP contribution in [0.25, 0.3) is 0 Å². The largest absolute Gasteiger partial charge is 0.329 e. The van der Waals surface area contributed by atoms with E-state index in [4.69, 9.17) is 5.73 Å². The first kappa shape index (κ1) is 14.0. The van der Waals surface area contributed by atoms with Crippen LogP contribution in [-0.2, 0) is 0 Å². The third kappa shape index (κ3) is 3.74. The summed E-state index contributed by atoms with van der Waals surface area (Å²) < 4.78 is 0. The van der Waals surface area contributed by atoms with Crippen LogP contribution in [0, 0.1) is 11.8 Å². The van der Waals surface area contributed by atoms with E-state index in [1.54, 1.807) is 0 Å². The van der Waals surface area contributed by atoms with Gasteiger partial charge in [-0.15, -0.1) is 0 Å². The quantitative estimate of drug-likeness (QED) is 0.723. The molecule has 0 aliphatic heterocycles. The maximum Gasteiger partial charge on any atom is 0.0246 e. The topological polar surface area (TPSA) is 29.3 Å². The first-order valence-corrected chi connectivity index (χ1v) is 7.17. The molecule has 0 heterocycles. The van der Waals surface area contributed by atoms with E-state index in [9.17, 15) is 0 Å². The van der Waals surface area contributed by atoms with Crippen LogP contribution < -0.4 is 5.73 Å². The highest BCUT2D eigenvalue weighted by Crippen LogP contribution is 2.30. The summed E-state index contributed by atoms with van der Waals surface area (Å²) in [6.07, 6.45) is 6.92. The third-order valence-corrected chi connectivity index (χ3v) is 4.30. The summed E-state index contributed by atoms with van der Waals surface area (Å²) in [5.74, 6) is 1.67. The van der Waals surface area contributed by atoms with Crippen LogP contribution in [0.1, 0.15) is 52.9 Å². The predicted octanol–water partition coefficient (Wildman–Crippen LogP) is 2.87. The average Bonchev–Trinajstić information content (AvgIpc) is 2.82. The molecule has 0 bridgehead atoms. The molecule has 96 valence electrons. The highest BCUT2D eigenvalue weighted by molar-refractivity contribution is 4.83. The molecular weight excluding hydrogens is 196 g/mol. The summed E-state index contributed by atoms with van der Waals surface area (Å²) in [5, 5.41) is 0. The Labute approximate surface area is 102 Å². The molecule has 16 heavy (non-hydrogen) atoms. The van der Waals surface area contributed by atoms with Gasteiger partial charge in [-0.05, 0) is 31.2 Å². The molecule has 2 unspecified atom stereocenters. The van der Waals surface area contributed by atoms with Gasteiger partial charge >= 0.3 is 0 Å². The van der Waals surface area contributed by atoms with Gasteiger partial charge in [0, 0.05) is 19.1 Å². The summed E-state index contributed by atoms with van der Waals surface area (Å²) in [6, 6.07) is 0.640. The average molecular weight is 226 g/mol. The number of rotatable bonds is 7. The van der Waals surface area contributed by atoms with E-state index in [1.807, 2.05) is 0 Å². The van der Waals surface area contributed by atoms with Crippen molar-refractivity contribution in [1.82, 2.24) is 4.90 Å². The fourth-order valence-corrected chi connectivity index (χ4v) is 3.01. The summed E-state index contributed by atoms with van der Waals surface area (Å²) in [6.45, 7) is 10.1. The van der Waals surface area contributed by atoms with Gasteiger partial charge in [0.05, 0.1) is 0 Å². The lowest BCUT2D eigenvalue weighted by atomic mass is 9.95. The second-order valence-electron chi connectivity index (χ2n) is 5.45. The van der Waals surface area contributed by atoms with Gasteiger partial charge in [0.25, 0.3) is 0 Å². The zero-order valence-corrected chi connectivity index (χ0v) is 11.4. The van der Waals surface area contributed by atoms with E-state index in [0.717, 1.165) is 24.9 Å². The lowest BCUT2D eigenvalue weighted by Gasteiger charge is -2.35. The van der Waals surface area contributed by atoms with E-state index in [2.05, 4.69) is 25.7 Å². The van der Waals surface area contributed by atoms with Crippen molar-refractivity contribution in [2.24, 2.45) is 17.6 Å². The molecule has 0 aromatic heterocycles. The van der Waals surface area contributed by atoms with Crippen molar-refractivity contribution in [3.8, 4) is 0 Å². The summed E-state index contributed by atoms with van der Waals surface area (Å²) in [7, 11) is 0. The Morgan fingerprint density at radius 2 is 1.88 bits per heavy atom. The molecule has 1 rings (SSSR count). The van der Waals surface area contributed by atoms with E-state index in [1.165, 1.54) is 38.6 Å². The zero-order chi connectivity index (χ0) is 12.0. The normalized spacial score (nSPS) is 21.6. The van der Waals surface area contributed by atoms with Gasteiger partial charge < -0.3 is 5.73 Å². The molecule has 1 fully saturated rings. The maximum absolute atomic E-state index is 6.00. The molecule has 0 spiro atoms. The zero-order valence-electron chi connectivity index (χ0n) is 11.4. The molecule has 1 saturated carbocycles. The molecule has 0 saturated heterocycles. The van der Waals surface area contributed by atoms with Gasteiger partial charge in [-0.2, -0.15) is 0 Å². The predicted molar refractivity (Wildman–Crippen MR) is 71.5 cm³/mol. The minimum absolute atomic E-state index is 0.640. The molecule has 1 aliphatic rings. The molecule has 2 N–H and O–H groups in total. The van der Waals surface area contributed by atoms with Crippen LogP contribution >= 0.6 is 0 Å². The van der Waals surface area contributed by atoms with Gasteiger partial charge in [-0.1, -0.05) is 40.0 Å². The van der Waals surface area contributed by atoms with Crippen LogP contribution in [0.15, 0.2) is 0 Å². The standard InChI is InChI=1S/C14H30N2/c1-4-12(3)11-16(5-2)14(10-15)13-8-6-7-9-13/h12-14H,4-11,15H2,1-3H3. The van der Waals surface area contributed by atoms with Gasteiger partial charge in [-0.25, -0.2) is 0 Å². The monoisotopic (exact) mass is 226 g/mol. The molecule has 0 aromatic carbocycles. The molecule has 2 atom stereocenters. The molecule has 0 amide bonds. The number of nitrogens with two attached hydrogens (primary N) is 1. The van der Waals surface area contributed by atoms with Gasteiger partial charge in [-0.3, -0.25) is 4.90 Å². The van der Waals surface area contributed by atoms with Crippen molar-refractivity contribution >= 4 is 0 Å². The third-order valence-electron chi connectivity index (χ3n) is 4.30. The van der Waals surface area contributed by atoms with Gasteiger partial charge in [0.15, 0.2) is 0 Å². The highest BCUT2D eigenvalue weighted by atomic mass is 15.2. The van der Waals surface area contributed by atoms with E-state index >= 15 is 0 Å². The van der Waals surface area contributed by atoms with E-state index < -0.39 is 0 Å². The fourth-order valence-electron chi connectivity index (χ4n) is 3.01. The van der Waals surface area contributed by atoms with Crippen LogP contribution in [0.2, 0.25) is 0 Å². The van der Waals surface area contributed by atoms with Crippen molar-refractivity contribution in [3.63, 3.8) is 0 Å². The molecule has 1 aliphatic carbocycles. The minimum atomic E-state index is 0.640. The van der Waals surface area contributed by atoms with Crippen molar-refractivity contribution in [3.05, 3.63) is 0 Å². The second-order valence-corrected chi connectivity index (χ2v) is 5.45. The summed E-state index contributed by atoms with van der Waals surface area (Å²) in [5.41, 5.74) is 6.00. The maximum atomic E-state index is 6.00. The van der Waals surface area contributed by atoms with Gasteiger partial charge in [0.2, 0.25) is 0 Å². The molecule has 0 radical (unpaired) electrons. The van der Waals surface area contributed by atoms with Crippen molar-refractivity contribution < 1.29 is 0 Å². The Morgan fingerprint density at radius 3 is 2.31 bits per heavy atom. The van der Waals surface area contributed by atoms with Crippen molar-refractivity contribution in [2.45, 2.75) is 58.9 Å². The molecular formula is C14H30N2. The van der Waals surface area contributed by atoms with Crippen molar-refractivity contribution in [2.75, 3.05) is 19.6 Å². The number of nitrogens with zero attached hydrogens (tertiary/aromatic N) is 1. The SMILES string of the molecule is CCC(C)CN(CC)C(CN)C1CCCC1. The summed E-state index contributed by atoms with van der Waals surface area (Å²) >= 11 is 0. The minimum Gasteiger partial charge on any atom is -0.329 e. The number of hydrogen-bond donors (Lipinski definition) is 1. The van der Waals surface area contributed by atoms with Crippen LogP contribution in [-0.4, -0.2) is 30.6 Å². The molecule has 2 nitrogen and oxygen atoms in total. The lowest BCUT2D eigenvalue weighted by molar-refractivity contribution is 0.134. The van der Waals surface area contributed by atoms with E-state index in [0.29, 0.717) is 6.04 Å². The van der Waals surface area contributed by atoms with E-state index in [-0.39, 0.29) is 0 Å². The Hall–Kier alpha value is -0.0800. The number of hydrogen-bond acceptors (Lipinski definition) is 2. The number of likely N-dealkylation sites (N-methyl/N-ethyl adjacent to an activating group) is 1. The molecule has 0 aromatic rings. The highest BCUT2D eigenvalue weighted by Gasteiger charge is 2.28.